The highest BCUT2D eigenvalue weighted by Gasteiger charge is 2.07. The van der Waals surface area contributed by atoms with Gasteiger partial charge in [-0.15, -0.1) is 22.9 Å². The number of urea groups is 1. The van der Waals surface area contributed by atoms with Gasteiger partial charge in [0.1, 0.15) is 5.01 Å². The van der Waals surface area contributed by atoms with Crippen LogP contribution in [0.15, 0.2) is 5.38 Å². The molecule has 0 aliphatic rings. The van der Waals surface area contributed by atoms with E-state index in [4.69, 9.17) is 11.6 Å². The van der Waals surface area contributed by atoms with Crippen LogP contribution in [0.3, 0.4) is 0 Å². The number of hydrogen-bond donors (Lipinski definition) is 2. The van der Waals surface area contributed by atoms with Crippen molar-refractivity contribution >= 4 is 34.9 Å². The highest BCUT2D eigenvalue weighted by molar-refractivity contribution is 7.09. The highest BCUT2D eigenvalue weighted by atomic mass is 35.5. The van der Waals surface area contributed by atoms with Crippen LogP contribution >= 0.6 is 22.9 Å². The van der Waals surface area contributed by atoms with Crippen molar-refractivity contribution in [3.63, 3.8) is 0 Å². The Morgan fingerprint density at radius 3 is 2.63 bits per heavy atom. The molecule has 0 aromatic carbocycles. The molecule has 106 valence electrons. The van der Waals surface area contributed by atoms with Gasteiger partial charge in [-0.05, 0) is 0 Å². The van der Waals surface area contributed by atoms with Crippen molar-refractivity contribution in [2.24, 2.45) is 0 Å². The van der Waals surface area contributed by atoms with Gasteiger partial charge in [0.15, 0.2) is 0 Å². The SMILES string of the molecule is CN(C)C(=O)NCCNC(=O)Cc1nc(CCl)cs1. The Labute approximate surface area is 121 Å². The van der Waals surface area contributed by atoms with Gasteiger partial charge < -0.3 is 15.5 Å². The van der Waals surface area contributed by atoms with E-state index < -0.39 is 0 Å². The lowest BCUT2D eigenvalue weighted by molar-refractivity contribution is -0.120. The fourth-order valence-corrected chi connectivity index (χ4v) is 2.24. The zero-order chi connectivity index (χ0) is 14.3. The fraction of sp³-hybridized carbons (Fsp3) is 0.545. The number of hydrogen-bond acceptors (Lipinski definition) is 4. The third-order valence-corrected chi connectivity index (χ3v) is 3.35. The number of alkyl halides is 1. The first-order chi connectivity index (χ1) is 9.02. The summed E-state index contributed by atoms with van der Waals surface area (Å²) in [6.45, 7) is 0.791. The lowest BCUT2D eigenvalue weighted by atomic mass is 10.4. The summed E-state index contributed by atoms with van der Waals surface area (Å²) in [6.07, 6.45) is 0.239. The molecule has 0 spiro atoms. The molecule has 0 radical (unpaired) electrons. The van der Waals surface area contributed by atoms with Gasteiger partial charge in [0.25, 0.3) is 0 Å². The number of carbonyl (C=O) groups is 2. The van der Waals surface area contributed by atoms with Gasteiger partial charge in [-0.1, -0.05) is 0 Å². The van der Waals surface area contributed by atoms with Gasteiger partial charge in [0.05, 0.1) is 18.0 Å². The molecule has 0 aliphatic heterocycles. The average Bonchev–Trinajstić information content (AvgIpc) is 2.81. The van der Waals surface area contributed by atoms with E-state index in [1.54, 1.807) is 14.1 Å². The summed E-state index contributed by atoms with van der Waals surface area (Å²) in [4.78, 5) is 28.4. The summed E-state index contributed by atoms with van der Waals surface area (Å²) in [5.41, 5.74) is 0.785. The topological polar surface area (TPSA) is 74.3 Å². The minimum Gasteiger partial charge on any atom is -0.354 e. The smallest absolute Gasteiger partial charge is 0.316 e. The van der Waals surface area contributed by atoms with Crippen molar-refractivity contribution in [2.75, 3.05) is 27.2 Å². The summed E-state index contributed by atoms with van der Waals surface area (Å²) < 4.78 is 0. The molecule has 0 saturated carbocycles. The number of thiazole rings is 1. The summed E-state index contributed by atoms with van der Waals surface area (Å²) in [5.74, 6) is 0.240. The minimum atomic E-state index is -0.180. The van der Waals surface area contributed by atoms with Crippen LogP contribution in [0, 0.1) is 0 Å². The predicted octanol–water partition coefficient (Wildman–Crippen LogP) is 0.812. The fourth-order valence-electron chi connectivity index (χ4n) is 1.22. The third kappa shape index (κ3) is 5.89. The van der Waals surface area contributed by atoms with Crippen LogP contribution in [0.5, 0.6) is 0 Å². The van der Waals surface area contributed by atoms with E-state index in [1.807, 2.05) is 5.38 Å². The van der Waals surface area contributed by atoms with Crippen molar-refractivity contribution in [3.05, 3.63) is 16.1 Å². The van der Waals surface area contributed by atoms with E-state index in [1.165, 1.54) is 16.2 Å². The molecule has 2 N–H and O–H groups in total. The maximum atomic E-state index is 11.6. The molecule has 0 bridgehead atoms. The zero-order valence-corrected chi connectivity index (χ0v) is 12.5. The van der Waals surface area contributed by atoms with Crippen LogP contribution in [-0.2, 0) is 17.1 Å². The minimum absolute atomic E-state index is 0.116. The van der Waals surface area contributed by atoms with Gasteiger partial charge >= 0.3 is 6.03 Å². The Bertz CT molecular complexity index is 436. The lowest BCUT2D eigenvalue weighted by Crippen LogP contribution is -2.39. The summed E-state index contributed by atoms with van der Waals surface area (Å²) >= 11 is 7.05. The van der Waals surface area contributed by atoms with E-state index in [9.17, 15) is 9.59 Å². The Kier molecular flexibility index (Phi) is 6.58. The molecule has 0 fully saturated rings. The highest BCUT2D eigenvalue weighted by Crippen LogP contribution is 2.11. The van der Waals surface area contributed by atoms with Crippen molar-refractivity contribution in [1.29, 1.82) is 0 Å². The molecule has 1 rings (SSSR count). The molecule has 19 heavy (non-hydrogen) atoms. The standard InChI is InChI=1S/C11H17ClN4O2S/c1-16(2)11(18)14-4-3-13-9(17)5-10-15-8(6-12)7-19-10/h7H,3-6H2,1-2H3,(H,13,17)(H,14,18). The Morgan fingerprint density at radius 1 is 1.37 bits per heavy atom. The number of aromatic nitrogens is 1. The largest absolute Gasteiger partial charge is 0.354 e. The molecule has 0 aliphatic carbocycles. The molecule has 1 aromatic heterocycles. The Morgan fingerprint density at radius 2 is 2.05 bits per heavy atom. The summed E-state index contributed by atoms with van der Waals surface area (Å²) in [7, 11) is 3.32. The van der Waals surface area contributed by atoms with E-state index in [0.717, 1.165) is 10.7 Å². The molecule has 0 unspecified atom stereocenters. The molecular weight excluding hydrogens is 288 g/mol. The Balaban J connectivity index is 2.19. The maximum absolute atomic E-state index is 11.6. The quantitative estimate of drug-likeness (QED) is 0.603. The molecular formula is C11H17ClN4O2S. The summed E-state index contributed by atoms with van der Waals surface area (Å²) in [5, 5.41) is 7.95. The van der Waals surface area contributed by atoms with E-state index in [-0.39, 0.29) is 18.4 Å². The maximum Gasteiger partial charge on any atom is 0.316 e. The van der Waals surface area contributed by atoms with E-state index >= 15 is 0 Å². The molecule has 3 amide bonds. The lowest BCUT2D eigenvalue weighted by Gasteiger charge is -2.11. The molecule has 1 aromatic rings. The second-order valence-corrected chi connectivity index (χ2v) is 5.23. The van der Waals surface area contributed by atoms with Gasteiger partial charge in [0.2, 0.25) is 5.91 Å². The summed E-state index contributed by atoms with van der Waals surface area (Å²) in [6, 6.07) is -0.180. The molecule has 0 saturated heterocycles. The average molecular weight is 305 g/mol. The van der Waals surface area contributed by atoms with Gasteiger partial charge in [0, 0.05) is 32.6 Å². The number of nitrogens with one attached hydrogen (secondary N) is 2. The molecule has 0 atom stereocenters. The van der Waals surface area contributed by atoms with Gasteiger partial charge in [-0.25, -0.2) is 9.78 Å². The van der Waals surface area contributed by atoms with Crippen molar-refractivity contribution in [2.45, 2.75) is 12.3 Å². The first-order valence-corrected chi connectivity index (χ1v) is 7.15. The van der Waals surface area contributed by atoms with Crippen LogP contribution < -0.4 is 10.6 Å². The number of rotatable bonds is 6. The van der Waals surface area contributed by atoms with E-state index in [0.29, 0.717) is 19.0 Å². The van der Waals surface area contributed by atoms with Gasteiger partial charge in [-0.2, -0.15) is 0 Å². The first kappa shape index (κ1) is 15.7. The zero-order valence-electron chi connectivity index (χ0n) is 10.9. The second kappa shape index (κ2) is 7.96. The predicted molar refractivity (Wildman–Crippen MR) is 75.5 cm³/mol. The van der Waals surface area contributed by atoms with Crippen molar-refractivity contribution < 1.29 is 9.59 Å². The molecule has 8 heteroatoms. The number of amides is 3. The van der Waals surface area contributed by atoms with Crippen LogP contribution in [-0.4, -0.2) is 49.0 Å². The van der Waals surface area contributed by atoms with Crippen LogP contribution in [0.4, 0.5) is 4.79 Å². The van der Waals surface area contributed by atoms with Crippen LogP contribution in [0.25, 0.3) is 0 Å². The number of halogens is 1. The Hall–Kier alpha value is -1.34. The van der Waals surface area contributed by atoms with Crippen LogP contribution in [0.1, 0.15) is 10.7 Å². The van der Waals surface area contributed by atoms with Crippen LogP contribution in [0.2, 0.25) is 0 Å². The third-order valence-electron chi connectivity index (χ3n) is 2.18. The molecule has 1 heterocycles. The van der Waals surface area contributed by atoms with E-state index in [2.05, 4.69) is 15.6 Å². The molecule has 6 nitrogen and oxygen atoms in total. The second-order valence-electron chi connectivity index (χ2n) is 4.02. The van der Waals surface area contributed by atoms with Gasteiger partial charge in [-0.3, -0.25) is 4.79 Å². The number of nitrogens with zero attached hydrogens (tertiary/aromatic N) is 2. The monoisotopic (exact) mass is 304 g/mol. The first-order valence-electron chi connectivity index (χ1n) is 5.74. The van der Waals surface area contributed by atoms with Crippen molar-refractivity contribution in [3.8, 4) is 0 Å². The number of carbonyl (C=O) groups excluding carboxylic acids is 2. The normalized spacial score (nSPS) is 10.1. The van der Waals surface area contributed by atoms with Crippen molar-refractivity contribution in [1.82, 2.24) is 20.5 Å².